The maximum atomic E-state index is 10.9. The van der Waals surface area contributed by atoms with Crippen molar-refractivity contribution in [2.75, 3.05) is 0 Å². The van der Waals surface area contributed by atoms with Gasteiger partial charge in [0, 0.05) is 11.5 Å². The first-order valence-electron chi connectivity index (χ1n) is 8.30. The van der Waals surface area contributed by atoms with E-state index >= 15 is 0 Å². The number of rotatable bonds is 5. The minimum atomic E-state index is -0.452. The van der Waals surface area contributed by atoms with E-state index in [4.69, 9.17) is 4.74 Å². The number of fused-ring (bicyclic) bond motifs is 1. The lowest BCUT2D eigenvalue weighted by Gasteiger charge is -2.37. The summed E-state index contributed by atoms with van der Waals surface area (Å²) < 4.78 is 6.27. The van der Waals surface area contributed by atoms with Crippen molar-refractivity contribution in [3.05, 3.63) is 65.7 Å². The van der Waals surface area contributed by atoms with Gasteiger partial charge in [0.25, 0.3) is 0 Å². The molecule has 0 fully saturated rings. The Morgan fingerprint density at radius 2 is 1.68 bits per heavy atom. The molecule has 0 radical (unpaired) electrons. The first-order chi connectivity index (χ1) is 10.8. The molecule has 2 aromatic rings. The van der Waals surface area contributed by atoms with Gasteiger partial charge in [0.1, 0.15) is 11.9 Å². The molecule has 116 valence electrons. The van der Waals surface area contributed by atoms with E-state index in [0.29, 0.717) is 0 Å². The van der Waals surface area contributed by atoms with Gasteiger partial charge in [-0.1, -0.05) is 74.7 Å². The molecule has 0 aromatic heterocycles. The number of unbranched alkanes of at least 4 members (excludes halogenated alkanes) is 2. The van der Waals surface area contributed by atoms with Gasteiger partial charge in [-0.25, -0.2) is 0 Å². The highest BCUT2D eigenvalue weighted by Gasteiger charge is 2.37. The second kappa shape index (κ2) is 6.97. The van der Waals surface area contributed by atoms with E-state index in [9.17, 15) is 5.11 Å². The molecule has 3 atom stereocenters. The Bertz CT molecular complexity index is 594. The van der Waals surface area contributed by atoms with Crippen molar-refractivity contribution in [2.45, 2.75) is 44.8 Å². The molecule has 2 nitrogen and oxygen atoms in total. The van der Waals surface area contributed by atoms with Crippen LogP contribution in [0.15, 0.2) is 54.6 Å². The van der Waals surface area contributed by atoms with Gasteiger partial charge in [-0.15, -0.1) is 0 Å². The summed E-state index contributed by atoms with van der Waals surface area (Å²) in [5.41, 5.74) is 2.08. The molecule has 3 rings (SSSR count). The van der Waals surface area contributed by atoms with Crippen LogP contribution in [-0.4, -0.2) is 5.11 Å². The summed E-state index contributed by atoms with van der Waals surface area (Å²) in [6, 6.07) is 18.1. The third-order valence-electron chi connectivity index (χ3n) is 4.56. The molecule has 1 heterocycles. The largest absolute Gasteiger partial charge is 0.485 e. The molecule has 0 saturated heterocycles. The highest BCUT2D eigenvalue weighted by molar-refractivity contribution is 5.39. The standard InChI is InChI=1S/C20H24O2/c1-2-3-5-13-17-19(21)16-12-8-9-14-18(16)22-20(17)15-10-6-4-7-11-15/h4,6-12,14,17,19-21H,2-3,5,13H2,1H3. The molecule has 2 heteroatoms. The molecule has 1 aliphatic heterocycles. The molecule has 0 bridgehead atoms. The lowest BCUT2D eigenvalue weighted by Crippen LogP contribution is -2.30. The first kappa shape index (κ1) is 15.1. The molecule has 0 aliphatic carbocycles. The Hall–Kier alpha value is -1.80. The molecule has 2 aromatic carbocycles. The van der Waals surface area contributed by atoms with Crippen LogP contribution >= 0.6 is 0 Å². The van der Waals surface area contributed by atoms with Gasteiger partial charge in [-0.2, -0.15) is 0 Å². The van der Waals surface area contributed by atoms with Crippen LogP contribution in [0.4, 0.5) is 0 Å². The first-order valence-corrected chi connectivity index (χ1v) is 8.30. The molecule has 3 unspecified atom stereocenters. The number of aliphatic hydroxyl groups is 1. The van der Waals surface area contributed by atoms with E-state index in [-0.39, 0.29) is 12.0 Å². The predicted molar refractivity (Wildman–Crippen MR) is 88.8 cm³/mol. The van der Waals surface area contributed by atoms with Gasteiger partial charge in [0.2, 0.25) is 0 Å². The van der Waals surface area contributed by atoms with E-state index in [1.165, 1.54) is 12.8 Å². The summed E-state index contributed by atoms with van der Waals surface area (Å²) in [5.74, 6) is 0.930. The van der Waals surface area contributed by atoms with Crippen LogP contribution in [0.2, 0.25) is 0 Å². The number of para-hydroxylation sites is 1. The van der Waals surface area contributed by atoms with Crippen LogP contribution in [0.25, 0.3) is 0 Å². The van der Waals surface area contributed by atoms with E-state index in [1.807, 2.05) is 42.5 Å². The van der Waals surface area contributed by atoms with E-state index < -0.39 is 6.10 Å². The van der Waals surface area contributed by atoms with Gasteiger partial charge >= 0.3 is 0 Å². The quantitative estimate of drug-likeness (QED) is 0.782. The fraction of sp³-hybridized carbons (Fsp3) is 0.400. The number of aliphatic hydroxyl groups excluding tert-OH is 1. The zero-order valence-electron chi connectivity index (χ0n) is 13.1. The van der Waals surface area contributed by atoms with Crippen LogP contribution in [0.3, 0.4) is 0 Å². The van der Waals surface area contributed by atoms with Crippen molar-refractivity contribution in [1.29, 1.82) is 0 Å². The predicted octanol–water partition coefficient (Wildman–Crippen LogP) is 5.05. The Labute approximate surface area is 132 Å². The highest BCUT2D eigenvalue weighted by Crippen LogP contribution is 2.46. The second-order valence-corrected chi connectivity index (χ2v) is 6.09. The highest BCUT2D eigenvalue weighted by atomic mass is 16.5. The van der Waals surface area contributed by atoms with Gasteiger partial charge in [-0.05, 0) is 18.1 Å². The Morgan fingerprint density at radius 3 is 2.45 bits per heavy atom. The summed E-state index contributed by atoms with van der Waals surface area (Å²) in [6.45, 7) is 2.21. The van der Waals surface area contributed by atoms with E-state index in [1.54, 1.807) is 0 Å². The molecular formula is C20H24O2. The summed E-state index contributed by atoms with van der Waals surface area (Å²) in [6.07, 6.45) is 3.99. The fourth-order valence-electron chi connectivity index (χ4n) is 3.35. The molecule has 1 N–H and O–H groups in total. The lowest BCUT2D eigenvalue weighted by atomic mass is 9.81. The van der Waals surface area contributed by atoms with Crippen LogP contribution in [0.1, 0.15) is 55.9 Å². The van der Waals surface area contributed by atoms with Gasteiger partial charge < -0.3 is 9.84 Å². The normalized spacial score (nSPS) is 23.6. The maximum absolute atomic E-state index is 10.9. The van der Waals surface area contributed by atoms with E-state index in [0.717, 1.165) is 29.7 Å². The van der Waals surface area contributed by atoms with Crippen LogP contribution in [-0.2, 0) is 0 Å². The smallest absolute Gasteiger partial charge is 0.129 e. The van der Waals surface area contributed by atoms with Crippen molar-refractivity contribution in [3.8, 4) is 5.75 Å². The minimum absolute atomic E-state index is 0.0667. The van der Waals surface area contributed by atoms with Gasteiger partial charge in [-0.3, -0.25) is 0 Å². The number of ether oxygens (including phenoxy) is 1. The molecule has 0 saturated carbocycles. The van der Waals surface area contributed by atoms with Gasteiger partial charge in [0.15, 0.2) is 0 Å². The third-order valence-corrected chi connectivity index (χ3v) is 4.56. The number of hydrogen-bond donors (Lipinski definition) is 1. The van der Waals surface area contributed by atoms with Crippen molar-refractivity contribution in [2.24, 2.45) is 5.92 Å². The topological polar surface area (TPSA) is 29.5 Å². The maximum Gasteiger partial charge on any atom is 0.129 e. The lowest BCUT2D eigenvalue weighted by molar-refractivity contribution is -0.00732. The SMILES string of the molecule is CCCCCC1C(O)c2ccccc2OC1c1ccccc1. The number of benzene rings is 2. The average molecular weight is 296 g/mol. The molecule has 1 aliphatic rings. The van der Waals surface area contributed by atoms with E-state index in [2.05, 4.69) is 19.1 Å². The van der Waals surface area contributed by atoms with Crippen LogP contribution in [0.5, 0.6) is 5.75 Å². The van der Waals surface area contributed by atoms with Crippen molar-refractivity contribution in [1.82, 2.24) is 0 Å². The minimum Gasteiger partial charge on any atom is -0.485 e. The zero-order valence-corrected chi connectivity index (χ0v) is 13.1. The Kier molecular flexibility index (Phi) is 4.79. The third kappa shape index (κ3) is 3.02. The summed E-state index contributed by atoms with van der Waals surface area (Å²) >= 11 is 0. The van der Waals surface area contributed by atoms with Crippen molar-refractivity contribution in [3.63, 3.8) is 0 Å². The van der Waals surface area contributed by atoms with Crippen LogP contribution in [0, 0.1) is 5.92 Å². The molecule has 0 spiro atoms. The van der Waals surface area contributed by atoms with Crippen molar-refractivity contribution >= 4 is 0 Å². The molecule has 0 amide bonds. The average Bonchev–Trinajstić information content (AvgIpc) is 2.57. The van der Waals surface area contributed by atoms with Crippen LogP contribution < -0.4 is 4.74 Å². The Balaban J connectivity index is 1.91. The Morgan fingerprint density at radius 1 is 0.955 bits per heavy atom. The molecular weight excluding hydrogens is 272 g/mol. The monoisotopic (exact) mass is 296 g/mol. The zero-order chi connectivity index (χ0) is 15.4. The molecule has 22 heavy (non-hydrogen) atoms. The summed E-state index contributed by atoms with van der Waals surface area (Å²) in [5, 5.41) is 10.9. The number of hydrogen-bond acceptors (Lipinski definition) is 2. The van der Waals surface area contributed by atoms with Crippen molar-refractivity contribution < 1.29 is 9.84 Å². The second-order valence-electron chi connectivity index (χ2n) is 6.09. The summed E-state index contributed by atoms with van der Waals surface area (Å²) in [4.78, 5) is 0. The summed E-state index contributed by atoms with van der Waals surface area (Å²) in [7, 11) is 0. The van der Waals surface area contributed by atoms with Gasteiger partial charge in [0.05, 0.1) is 6.10 Å². The fourth-order valence-corrected chi connectivity index (χ4v) is 3.35.